The van der Waals surface area contributed by atoms with E-state index in [1.807, 2.05) is 23.2 Å². The first-order valence-electron chi connectivity index (χ1n) is 6.86. The third-order valence-electron chi connectivity index (χ3n) is 4.33. The van der Waals surface area contributed by atoms with E-state index in [4.69, 9.17) is 4.74 Å². The molecule has 1 aromatic carbocycles. The summed E-state index contributed by atoms with van der Waals surface area (Å²) >= 11 is 0. The maximum atomic E-state index is 11.9. The highest BCUT2D eigenvalue weighted by Crippen LogP contribution is 2.40. The summed E-state index contributed by atoms with van der Waals surface area (Å²) in [5.74, 6) is 0. The molecular weight excluding hydrogens is 240 g/mol. The van der Waals surface area contributed by atoms with E-state index in [1.165, 1.54) is 10.9 Å². The van der Waals surface area contributed by atoms with Crippen LogP contribution in [0.4, 0.5) is 4.79 Å². The number of hydrogen-bond acceptors (Lipinski definition) is 2. The smallest absolute Gasteiger partial charge is 0.410 e. The number of rotatable bonds is 1. The van der Waals surface area contributed by atoms with Gasteiger partial charge in [-0.2, -0.15) is 0 Å². The number of fused-ring (bicyclic) bond motifs is 2. The molecule has 1 N–H and O–H groups in total. The molecule has 0 unspecified atom stereocenters. The second-order valence-electron chi connectivity index (χ2n) is 5.37. The van der Waals surface area contributed by atoms with Gasteiger partial charge in [-0.25, -0.2) is 4.79 Å². The molecule has 0 bridgehead atoms. The number of cyclic esters (lactones) is 1. The molecule has 0 radical (unpaired) electrons. The van der Waals surface area contributed by atoms with E-state index < -0.39 is 0 Å². The van der Waals surface area contributed by atoms with Gasteiger partial charge < -0.3 is 9.72 Å². The van der Waals surface area contributed by atoms with Crippen LogP contribution in [-0.4, -0.2) is 28.6 Å². The predicted molar refractivity (Wildman–Crippen MR) is 71.9 cm³/mol. The van der Waals surface area contributed by atoms with Crippen molar-refractivity contribution < 1.29 is 9.53 Å². The van der Waals surface area contributed by atoms with Gasteiger partial charge in [0.05, 0.1) is 12.1 Å². The maximum Gasteiger partial charge on any atom is 0.410 e. The van der Waals surface area contributed by atoms with E-state index in [-0.39, 0.29) is 18.2 Å². The van der Waals surface area contributed by atoms with Gasteiger partial charge in [-0.05, 0) is 25.3 Å². The third-order valence-corrected chi connectivity index (χ3v) is 4.33. The lowest BCUT2D eigenvalue weighted by Gasteiger charge is -2.35. The topological polar surface area (TPSA) is 45.3 Å². The van der Waals surface area contributed by atoms with Crippen LogP contribution in [0.15, 0.2) is 30.5 Å². The molecule has 2 aliphatic rings. The zero-order valence-electron chi connectivity index (χ0n) is 10.6. The first-order chi connectivity index (χ1) is 9.34. The highest BCUT2D eigenvalue weighted by atomic mass is 16.6. The number of nitrogens with zero attached hydrogens (tertiary/aromatic N) is 1. The third kappa shape index (κ3) is 1.56. The van der Waals surface area contributed by atoms with Crippen LogP contribution in [0.5, 0.6) is 0 Å². The molecule has 4 nitrogen and oxygen atoms in total. The molecule has 2 atom stereocenters. The maximum absolute atomic E-state index is 11.9. The number of carbonyl (C=O) groups excluding carboxylic acids is 1. The van der Waals surface area contributed by atoms with Gasteiger partial charge in [0.2, 0.25) is 0 Å². The summed E-state index contributed by atoms with van der Waals surface area (Å²) in [5.41, 5.74) is 2.35. The van der Waals surface area contributed by atoms with Crippen molar-refractivity contribution in [3.05, 3.63) is 36.0 Å². The van der Waals surface area contributed by atoms with Gasteiger partial charge in [-0.3, -0.25) is 4.90 Å². The number of carbonyl (C=O) groups is 1. The minimum atomic E-state index is -0.153. The van der Waals surface area contributed by atoms with Crippen molar-refractivity contribution in [2.75, 3.05) is 6.61 Å². The fourth-order valence-corrected chi connectivity index (χ4v) is 3.44. The Morgan fingerprint density at radius 2 is 2.16 bits per heavy atom. The number of ether oxygens (including phenoxy) is 1. The van der Waals surface area contributed by atoms with Crippen LogP contribution in [0.1, 0.15) is 30.9 Å². The summed E-state index contributed by atoms with van der Waals surface area (Å²) in [4.78, 5) is 17.2. The molecule has 2 fully saturated rings. The first kappa shape index (κ1) is 10.9. The number of piperidine rings is 1. The number of aromatic nitrogens is 1. The lowest BCUT2D eigenvalue weighted by atomic mass is 9.92. The Morgan fingerprint density at radius 1 is 1.26 bits per heavy atom. The molecule has 0 spiro atoms. The normalized spacial score (nSPS) is 26.5. The standard InChI is InChI=1S/C15H16N2O2/c18-15-17-10(9-19-15)4-3-7-14(17)12-8-16-13-6-2-1-5-11(12)13/h1-2,5-6,8,10,14,16H,3-4,7,9H2/t10-,14-/m0/s1. The average Bonchev–Trinajstić information content (AvgIpc) is 3.03. The molecule has 4 heteroatoms. The van der Waals surface area contributed by atoms with Gasteiger partial charge in [0, 0.05) is 22.7 Å². The number of hydrogen-bond donors (Lipinski definition) is 1. The van der Waals surface area contributed by atoms with Gasteiger partial charge in [-0.1, -0.05) is 18.2 Å². The first-order valence-corrected chi connectivity index (χ1v) is 6.86. The number of para-hydroxylation sites is 1. The van der Waals surface area contributed by atoms with Crippen molar-refractivity contribution in [3.63, 3.8) is 0 Å². The number of nitrogens with one attached hydrogen (secondary N) is 1. The Kier molecular flexibility index (Phi) is 2.31. The monoisotopic (exact) mass is 256 g/mol. The average molecular weight is 256 g/mol. The van der Waals surface area contributed by atoms with Crippen LogP contribution >= 0.6 is 0 Å². The molecule has 2 aliphatic heterocycles. The van der Waals surface area contributed by atoms with Crippen molar-refractivity contribution in [1.82, 2.24) is 9.88 Å². The van der Waals surface area contributed by atoms with Crippen LogP contribution < -0.4 is 0 Å². The van der Waals surface area contributed by atoms with Crippen molar-refractivity contribution in [2.24, 2.45) is 0 Å². The number of amides is 1. The molecular formula is C15H16N2O2. The lowest BCUT2D eigenvalue weighted by Crippen LogP contribution is -2.40. The summed E-state index contributed by atoms with van der Waals surface area (Å²) < 4.78 is 5.22. The van der Waals surface area contributed by atoms with Gasteiger partial charge in [-0.15, -0.1) is 0 Å². The van der Waals surface area contributed by atoms with Gasteiger partial charge in [0.1, 0.15) is 6.61 Å². The van der Waals surface area contributed by atoms with Crippen molar-refractivity contribution in [2.45, 2.75) is 31.3 Å². The van der Waals surface area contributed by atoms with Crippen molar-refractivity contribution in [3.8, 4) is 0 Å². The Bertz CT molecular complexity index is 634. The largest absolute Gasteiger partial charge is 0.447 e. The Hall–Kier alpha value is -1.97. The van der Waals surface area contributed by atoms with Crippen LogP contribution in [-0.2, 0) is 4.74 Å². The van der Waals surface area contributed by atoms with Crippen molar-refractivity contribution in [1.29, 1.82) is 0 Å². The quantitative estimate of drug-likeness (QED) is 0.851. The van der Waals surface area contributed by atoms with E-state index in [0.29, 0.717) is 6.61 Å². The Labute approximate surface area is 111 Å². The zero-order chi connectivity index (χ0) is 12.8. The lowest BCUT2D eigenvalue weighted by molar-refractivity contribution is 0.129. The van der Waals surface area contributed by atoms with Crippen LogP contribution in [0.25, 0.3) is 10.9 Å². The summed E-state index contributed by atoms with van der Waals surface area (Å²) in [5, 5.41) is 1.22. The van der Waals surface area contributed by atoms with Crippen LogP contribution in [0.2, 0.25) is 0 Å². The highest BCUT2D eigenvalue weighted by molar-refractivity contribution is 5.84. The molecule has 2 saturated heterocycles. The van der Waals surface area contributed by atoms with Gasteiger partial charge >= 0.3 is 6.09 Å². The van der Waals surface area contributed by atoms with E-state index in [0.717, 1.165) is 24.8 Å². The molecule has 0 saturated carbocycles. The highest BCUT2D eigenvalue weighted by Gasteiger charge is 2.41. The summed E-state index contributed by atoms with van der Waals surface area (Å²) in [6.07, 6.45) is 5.13. The fraction of sp³-hybridized carbons (Fsp3) is 0.400. The number of benzene rings is 1. The molecule has 1 amide bonds. The van der Waals surface area contributed by atoms with Crippen molar-refractivity contribution >= 4 is 17.0 Å². The zero-order valence-corrected chi connectivity index (χ0v) is 10.6. The Morgan fingerprint density at radius 3 is 3.11 bits per heavy atom. The second kappa shape index (κ2) is 4.02. The molecule has 19 heavy (non-hydrogen) atoms. The number of aromatic amines is 1. The van der Waals surface area contributed by atoms with Gasteiger partial charge in [0.25, 0.3) is 0 Å². The van der Waals surface area contributed by atoms with Gasteiger partial charge in [0.15, 0.2) is 0 Å². The van der Waals surface area contributed by atoms with E-state index in [1.54, 1.807) is 0 Å². The molecule has 3 heterocycles. The molecule has 2 aromatic rings. The molecule has 98 valence electrons. The minimum Gasteiger partial charge on any atom is -0.447 e. The Balaban J connectivity index is 1.80. The van der Waals surface area contributed by atoms with E-state index in [9.17, 15) is 4.79 Å². The summed E-state index contributed by atoms with van der Waals surface area (Å²) in [7, 11) is 0. The molecule has 0 aliphatic carbocycles. The van der Waals surface area contributed by atoms with E-state index >= 15 is 0 Å². The van der Waals surface area contributed by atoms with Crippen LogP contribution in [0, 0.1) is 0 Å². The van der Waals surface area contributed by atoms with E-state index in [2.05, 4.69) is 17.1 Å². The number of H-pyrrole nitrogens is 1. The molecule has 1 aromatic heterocycles. The molecule has 4 rings (SSSR count). The predicted octanol–water partition coefficient (Wildman–Crippen LogP) is 3.21. The minimum absolute atomic E-state index is 0.153. The SMILES string of the molecule is O=C1OC[C@@H]2CCC[C@@H](c3c[nH]c4ccccc34)N12. The fourth-order valence-electron chi connectivity index (χ4n) is 3.44. The summed E-state index contributed by atoms with van der Waals surface area (Å²) in [6.45, 7) is 0.553. The summed E-state index contributed by atoms with van der Waals surface area (Å²) in [6, 6.07) is 8.68. The second-order valence-corrected chi connectivity index (χ2v) is 5.37. The van der Waals surface area contributed by atoms with Crippen LogP contribution in [0.3, 0.4) is 0 Å².